The number of H-pyrrole nitrogens is 1. The maximum Gasteiger partial charge on any atom is 0.416 e. The number of pyridine rings is 2. The molecule has 0 aliphatic carbocycles. The van der Waals surface area contributed by atoms with Crippen LogP contribution < -0.4 is 0 Å². The molecule has 0 radical (unpaired) electrons. The van der Waals surface area contributed by atoms with Crippen LogP contribution >= 0.6 is 0 Å². The Balaban J connectivity index is 1.11. The summed E-state index contributed by atoms with van der Waals surface area (Å²) in [7, 11) is 0. The number of fused-ring (bicyclic) bond motifs is 7. The number of imidazole rings is 1. The average molecular weight is 823 g/mol. The summed E-state index contributed by atoms with van der Waals surface area (Å²) in [5.74, 6) is 1.36. The summed E-state index contributed by atoms with van der Waals surface area (Å²) in [6, 6.07) is 57.0. The first-order valence-corrected chi connectivity index (χ1v) is 20.6. The molecule has 0 aliphatic heterocycles. The molecule has 0 unspecified atom stereocenters. The topological polar surface area (TPSA) is 64.3 Å². The molecule has 5 aromatic heterocycles. The van der Waals surface area contributed by atoms with E-state index in [9.17, 15) is 13.2 Å². The van der Waals surface area contributed by atoms with Crippen LogP contribution in [-0.2, 0) is 6.18 Å². The zero-order valence-electron chi connectivity index (χ0n) is 33.3. The minimum Gasteiger partial charge on any atom is -0.354 e. The molecule has 0 aliphatic rings. The van der Waals surface area contributed by atoms with Crippen molar-refractivity contribution in [2.75, 3.05) is 0 Å². The van der Waals surface area contributed by atoms with Crippen LogP contribution in [0.25, 0.3) is 111 Å². The van der Waals surface area contributed by atoms with Gasteiger partial charge in [0.2, 0.25) is 0 Å². The van der Waals surface area contributed by atoms with Crippen molar-refractivity contribution in [2.45, 2.75) is 6.18 Å². The molecule has 7 aromatic carbocycles. The number of hydrogen-bond donors (Lipinski definition) is 1. The summed E-state index contributed by atoms with van der Waals surface area (Å²) in [6.45, 7) is 0. The Kier molecular flexibility index (Phi) is 8.20. The number of nitrogens with one attached hydrogen (secondary N) is 1. The lowest BCUT2D eigenvalue weighted by Crippen LogP contribution is -2.04. The third kappa shape index (κ3) is 6.00. The van der Waals surface area contributed by atoms with E-state index in [1.807, 2.05) is 83.4 Å². The largest absolute Gasteiger partial charge is 0.416 e. The van der Waals surface area contributed by atoms with Crippen molar-refractivity contribution in [2.24, 2.45) is 0 Å². The minimum absolute atomic E-state index is 0.489. The lowest BCUT2D eigenvalue weighted by atomic mass is 10.0. The predicted molar refractivity (Wildman–Crippen MR) is 247 cm³/mol. The van der Waals surface area contributed by atoms with Crippen molar-refractivity contribution in [3.63, 3.8) is 0 Å². The fraction of sp³-hybridized carbons (Fsp3) is 0.0185. The number of halogens is 3. The maximum absolute atomic E-state index is 14.2. The van der Waals surface area contributed by atoms with Gasteiger partial charge in [0.05, 0.1) is 33.1 Å². The summed E-state index contributed by atoms with van der Waals surface area (Å²) in [6.07, 6.45) is 0.833. The first-order valence-electron chi connectivity index (χ1n) is 20.6. The highest BCUT2D eigenvalue weighted by Crippen LogP contribution is 2.42. The first-order chi connectivity index (χ1) is 30.9. The van der Waals surface area contributed by atoms with Gasteiger partial charge in [-0.3, -0.25) is 14.1 Å². The van der Waals surface area contributed by atoms with E-state index in [0.717, 1.165) is 94.9 Å². The highest BCUT2D eigenvalue weighted by Gasteiger charge is 2.31. The van der Waals surface area contributed by atoms with E-state index >= 15 is 0 Å². The summed E-state index contributed by atoms with van der Waals surface area (Å²) < 4.78 is 46.8. The zero-order chi connectivity index (χ0) is 42.2. The standard InChI is InChI=1S/C54H33F3N6/c55-54(56,57)38-20-22-47-45(32-38)42-21-19-37(30-49(42)63(47)50-31-36(25-28-59-50)33-9-2-1-3-10-33)40-14-8-18-48-52(40)61-53(44-16-7-15-43-41-13-4-5-17-46(41)60-51(43)44)62(48)39-12-6-11-35(29-39)34-23-26-58-27-24-34/h1-32,60H. The summed E-state index contributed by atoms with van der Waals surface area (Å²) >= 11 is 0. The van der Waals surface area contributed by atoms with Gasteiger partial charge in [-0.25, -0.2) is 9.97 Å². The number of hydrogen-bond acceptors (Lipinski definition) is 3. The molecule has 63 heavy (non-hydrogen) atoms. The van der Waals surface area contributed by atoms with Crippen LogP contribution in [0.2, 0.25) is 0 Å². The van der Waals surface area contributed by atoms with Gasteiger partial charge < -0.3 is 4.98 Å². The van der Waals surface area contributed by atoms with Gasteiger partial charge in [-0.1, -0.05) is 97.1 Å². The highest BCUT2D eigenvalue weighted by molar-refractivity contribution is 6.13. The number of rotatable bonds is 6. The van der Waals surface area contributed by atoms with Crippen molar-refractivity contribution < 1.29 is 13.2 Å². The van der Waals surface area contributed by atoms with E-state index in [1.54, 1.807) is 24.7 Å². The van der Waals surface area contributed by atoms with Gasteiger partial charge >= 0.3 is 6.18 Å². The number of alkyl halides is 3. The first kappa shape index (κ1) is 36.5. The number of aromatic nitrogens is 6. The summed E-state index contributed by atoms with van der Waals surface area (Å²) in [4.78, 5) is 18.3. The van der Waals surface area contributed by atoms with Gasteiger partial charge in [0.1, 0.15) is 11.6 Å². The molecule has 6 nitrogen and oxygen atoms in total. The van der Waals surface area contributed by atoms with Crippen LogP contribution in [-0.4, -0.2) is 29.1 Å². The van der Waals surface area contributed by atoms with Gasteiger partial charge in [-0.2, -0.15) is 13.2 Å². The third-order valence-electron chi connectivity index (χ3n) is 12.1. The summed E-state index contributed by atoms with van der Waals surface area (Å²) in [5, 5.41) is 3.41. The Morgan fingerprint density at radius 3 is 2.06 bits per heavy atom. The maximum atomic E-state index is 14.2. The van der Waals surface area contributed by atoms with Crippen molar-refractivity contribution in [1.29, 1.82) is 0 Å². The molecule has 0 saturated carbocycles. The van der Waals surface area contributed by atoms with E-state index in [2.05, 4.69) is 93.4 Å². The predicted octanol–water partition coefficient (Wildman–Crippen LogP) is 14.2. The number of para-hydroxylation sites is 3. The van der Waals surface area contributed by atoms with E-state index in [-0.39, 0.29) is 0 Å². The molecule has 300 valence electrons. The third-order valence-corrected chi connectivity index (χ3v) is 12.1. The Morgan fingerprint density at radius 2 is 1.19 bits per heavy atom. The molecule has 1 N–H and O–H groups in total. The van der Waals surface area contributed by atoms with Gasteiger partial charge in [-0.05, 0) is 107 Å². The molecule has 0 atom stereocenters. The molecule has 12 aromatic rings. The summed E-state index contributed by atoms with van der Waals surface area (Å²) in [5.41, 5.74) is 12.0. The van der Waals surface area contributed by atoms with Crippen molar-refractivity contribution in [3.05, 3.63) is 200 Å². The molecule has 0 amide bonds. The van der Waals surface area contributed by atoms with E-state index in [1.165, 1.54) is 6.07 Å². The van der Waals surface area contributed by atoms with Crippen LogP contribution in [0, 0.1) is 0 Å². The Labute approximate surface area is 358 Å². The van der Waals surface area contributed by atoms with Gasteiger partial charge in [0, 0.05) is 62.5 Å². The smallest absolute Gasteiger partial charge is 0.354 e. The van der Waals surface area contributed by atoms with Crippen molar-refractivity contribution >= 4 is 54.6 Å². The molecule has 5 heterocycles. The molecule has 0 spiro atoms. The molecule has 0 fully saturated rings. The highest BCUT2D eigenvalue weighted by atomic mass is 19.4. The fourth-order valence-electron chi connectivity index (χ4n) is 9.17. The normalized spacial score (nSPS) is 12.0. The second-order valence-electron chi connectivity index (χ2n) is 15.7. The quantitative estimate of drug-likeness (QED) is 0.182. The second kappa shape index (κ2) is 14.1. The van der Waals surface area contributed by atoms with Crippen LogP contribution in [0.1, 0.15) is 5.56 Å². The monoisotopic (exact) mass is 822 g/mol. The Bertz CT molecular complexity index is 3730. The lowest BCUT2D eigenvalue weighted by molar-refractivity contribution is -0.137. The number of aromatic amines is 1. The van der Waals surface area contributed by atoms with Crippen LogP contribution in [0.4, 0.5) is 13.2 Å². The molecular weight excluding hydrogens is 790 g/mol. The molecule has 0 bridgehead atoms. The van der Waals surface area contributed by atoms with E-state index < -0.39 is 11.7 Å². The molecule has 12 rings (SSSR count). The average Bonchev–Trinajstić information content (AvgIpc) is 4.01. The number of benzene rings is 7. The molecule has 0 saturated heterocycles. The van der Waals surface area contributed by atoms with Crippen LogP contribution in [0.3, 0.4) is 0 Å². The molecular formula is C54H33F3N6. The van der Waals surface area contributed by atoms with Crippen LogP contribution in [0.15, 0.2) is 195 Å². The van der Waals surface area contributed by atoms with E-state index in [0.29, 0.717) is 22.1 Å². The van der Waals surface area contributed by atoms with E-state index in [4.69, 9.17) is 9.97 Å². The van der Waals surface area contributed by atoms with Gasteiger partial charge in [-0.15, -0.1) is 0 Å². The second-order valence-corrected chi connectivity index (χ2v) is 15.7. The van der Waals surface area contributed by atoms with Crippen molar-refractivity contribution in [3.8, 4) is 56.3 Å². The Morgan fingerprint density at radius 1 is 0.460 bits per heavy atom. The number of nitrogens with zero attached hydrogens (tertiary/aromatic N) is 5. The van der Waals surface area contributed by atoms with Gasteiger partial charge in [0.15, 0.2) is 0 Å². The lowest BCUT2D eigenvalue weighted by Gasteiger charge is -2.13. The van der Waals surface area contributed by atoms with Crippen molar-refractivity contribution in [1.82, 2.24) is 29.1 Å². The molecule has 9 heteroatoms. The van der Waals surface area contributed by atoms with Crippen LogP contribution in [0.5, 0.6) is 0 Å². The van der Waals surface area contributed by atoms with Gasteiger partial charge in [0.25, 0.3) is 0 Å². The minimum atomic E-state index is -4.50. The Hall–Kier alpha value is -8.30. The SMILES string of the molecule is FC(F)(F)c1ccc2c(c1)c1ccc(-c3cccc4c3nc(-c3cccc5c3[nH]c3ccccc35)n4-c3cccc(-c4ccncc4)c3)cc1n2-c1cc(-c2ccccc2)ccn1. The fourth-order valence-corrected chi connectivity index (χ4v) is 9.17. The zero-order valence-corrected chi connectivity index (χ0v) is 33.3.